The van der Waals surface area contributed by atoms with Crippen LogP contribution in [0.25, 0.3) is 0 Å². The summed E-state index contributed by atoms with van der Waals surface area (Å²) in [4.78, 5) is 0. The molecule has 0 amide bonds. The van der Waals surface area contributed by atoms with Crippen LogP contribution in [0.1, 0.15) is 64.7 Å². The van der Waals surface area contributed by atoms with Gasteiger partial charge in [0.25, 0.3) is 0 Å². The fourth-order valence-electron chi connectivity index (χ4n) is 1.46. The summed E-state index contributed by atoms with van der Waals surface area (Å²) in [7, 11) is 0. The Morgan fingerprint density at radius 3 is 1.69 bits per heavy atom. The van der Waals surface area contributed by atoms with Crippen LogP contribution in [-0.2, 0) is 0 Å². The highest BCUT2D eigenvalue weighted by Gasteiger charge is 1.95. The van der Waals surface area contributed by atoms with Gasteiger partial charge in [-0.05, 0) is 6.42 Å². The summed E-state index contributed by atoms with van der Waals surface area (Å²) in [5, 5.41) is 0. The summed E-state index contributed by atoms with van der Waals surface area (Å²) < 4.78 is 0.292. The van der Waals surface area contributed by atoms with Crippen LogP contribution >= 0.6 is 25.3 Å². The maximum absolute atomic E-state index is 4.23. The van der Waals surface area contributed by atoms with E-state index in [0.29, 0.717) is 4.58 Å². The molecule has 0 bridgehead atoms. The van der Waals surface area contributed by atoms with Crippen LogP contribution in [0.3, 0.4) is 0 Å². The Labute approximate surface area is 94.7 Å². The fourth-order valence-corrected chi connectivity index (χ4v) is 1.83. The van der Waals surface area contributed by atoms with Crippen molar-refractivity contribution in [1.82, 2.24) is 0 Å². The zero-order valence-corrected chi connectivity index (χ0v) is 10.6. The van der Waals surface area contributed by atoms with Crippen molar-refractivity contribution in [2.75, 3.05) is 0 Å². The number of unbranched alkanes of at least 4 members (excludes halogenated alkanes) is 7. The molecule has 0 spiro atoms. The third kappa shape index (κ3) is 12.7. The van der Waals surface area contributed by atoms with Gasteiger partial charge in [-0.3, -0.25) is 0 Å². The number of thiol groups is 2. The predicted molar refractivity (Wildman–Crippen MR) is 69.0 cm³/mol. The predicted octanol–water partition coefficient (Wildman–Crippen LogP) is 4.70. The summed E-state index contributed by atoms with van der Waals surface area (Å²) in [6.07, 6.45) is 12.3. The maximum atomic E-state index is 4.23. The summed E-state index contributed by atoms with van der Waals surface area (Å²) in [5.74, 6) is 0. The van der Waals surface area contributed by atoms with Crippen molar-refractivity contribution in [3.05, 3.63) is 0 Å². The molecule has 80 valence electrons. The molecule has 0 unspecified atom stereocenters. The van der Waals surface area contributed by atoms with Crippen molar-refractivity contribution in [3.63, 3.8) is 0 Å². The van der Waals surface area contributed by atoms with Crippen molar-refractivity contribution < 1.29 is 0 Å². The molecular formula is C11H24S2. The van der Waals surface area contributed by atoms with Gasteiger partial charge >= 0.3 is 0 Å². The van der Waals surface area contributed by atoms with Crippen molar-refractivity contribution in [2.24, 2.45) is 0 Å². The molecule has 0 nitrogen and oxygen atoms in total. The second-order valence-corrected chi connectivity index (χ2v) is 5.40. The topological polar surface area (TPSA) is 0 Å². The Balaban J connectivity index is 2.84. The number of rotatable bonds is 9. The standard InChI is InChI=1S/C11H24S2/c1-2-3-4-5-6-7-8-9-10-11(12)13/h11-13H,2-10H2,1H3. The average Bonchev–Trinajstić information content (AvgIpc) is 2.09. The Morgan fingerprint density at radius 1 is 0.769 bits per heavy atom. The molecule has 13 heavy (non-hydrogen) atoms. The molecule has 0 N–H and O–H groups in total. The Kier molecular flexibility index (Phi) is 11.4. The van der Waals surface area contributed by atoms with Crippen LogP contribution in [0, 0.1) is 0 Å². The van der Waals surface area contributed by atoms with E-state index in [-0.39, 0.29) is 0 Å². The molecule has 0 saturated heterocycles. The number of hydrogen-bond donors (Lipinski definition) is 2. The van der Waals surface area contributed by atoms with Crippen LogP contribution in [-0.4, -0.2) is 4.58 Å². The highest BCUT2D eigenvalue weighted by molar-refractivity contribution is 7.99. The zero-order chi connectivity index (χ0) is 9.94. The van der Waals surface area contributed by atoms with E-state index in [1.807, 2.05) is 0 Å². The quantitative estimate of drug-likeness (QED) is 0.314. The minimum absolute atomic E-state index is 0.292. The second kappa shape index (κ2) is 10.8. The van der Waals surface area contributed by atoms with Crippen LogP contribution in [0.4, 0.5) is 0 Å². The van der Waals surface area contributed by atoms with Crippen LogP contribution in [0.2, 0.25) is 0 Å². The lowest BCUT2D eigenvalue weighted by molar-refractivity contribution is 0.571. The van der Waals surface area contributed by atoms with Crippen LogP contribution in [0.15, 0.2) is 0 Å². The molecule has 0 aromatic heterocycles. The SMILES string of the molecule is CCCCCCCCCCC(S)S. The van der Waals surface area contributed by atoms with Gasteiger partial charge in [0.05, 0.1) is 0 Å². The summed E-state index contributed by atoms with van der Waals surface area (Å²) >= 11 is 8.47. The first-order chi connectivity index (χ1) is 6.27. The molecule has 0 heterocycles. The van der Waals surface area contributed by atoms with Gasteiger partial charge in [0.1, 0.15) is 0 Å². The molecule has 0 aliphatic carbocycles. The summed E-state index contributed by atoms with van der Waals surface area (Å²) in [6, 6.07) is 0. The zero-order valence-electron chi connectivity index (χ0n) is 8.84. The molecule has 0 saturated carbocycles. The van der Waals surface area contributed by atoms with Gasteiger partial charge in [0.2, 0.25) is 0 Å². The van der Waals surface area contributed by atoms with E-state index >= 15 is 0 Å². The fraction of sp³-hybridized carbons (Fsp3) is 1.00. The van der Waals surface area contributed by atoms with E-state index in [4.69, 9.17) is 0 Å². The van der Waals surface area contributed by atoms with E-state index in [1.165, 1.54) is 51.4 Å². The first-order valence-corrected chi connectivity index (χ1v) is 6.66. The van der Waals surface area contributed by atoms with Gasteiger partial charge < -0.3 is 0 Å². The molecule has 0 aliphatic heterocycles. The highest BCUT2D eigenvalue weighted by atomic mass is 32.2. The van der Waals surface area contributed by atoms with E-state index in [0.717, 1.165) is 6.42 Å². The average molecular weight is 220 g/mol. The van der Waals surface area contributed by atoms with E-state index in [9.17, 15) is 0 Å². The third-order valence-corrected chi connectivity index (χ3v) is 2.83. The van der Waals surface area contributed by atoms with Crippen LogP contribution < -0.4 is 0 Å². The van der Waals surface area contributed by atoms with E-state index in [2.05, 4.69) is 32.2 Å². The van der Waals surface area contributed by atoms with Crippen molar-refractivity contribution >= 4 is 25.3 Å². The van der Waals surface area contributed by atoms with Crippen LogP contribution in [0.5, 0.6) is 0 Å². The third-order valence-electron chi connectivity index (χ3n) is 2.32. The smallest absolute Gasteiger partial charge is 0.0442 e. The monoisotopic (exact) mass is 220 g/mol. The Hall–Kier alpha value is 0.700. The number of hydrogen-bond acceptors (Lipinski definition) is 2. The minimum Gasteiger partial charge on any atom is -0.165 e. The van der Waals surface area contributed by atoms with Gasteiger partial charge in [-0.25, -0.2) is 0 Å². The molecule has 0 atom stereocenters. The molecular weight excluding hydrogens is 196 g/mol. The molecule has 0 aromatic rings. The molecule has 0 radical (unpaired) electrons. The Bertz CT molecular complexity index is 92.1. The molecule has 2 heteroatoms. The lowest BCUT2D eigenvalue weighted by Crippen LogP contribution is -1.87. The largest absolute Gasteiger partial charge is 0.165 e. The highest BCUT2D eigenvalue weighted by Crippen LogP contribution is 2.13. The molecule has 0 fully saturated rings. The van der Waals surface area contributed by atoms with Gasteiger partial charge in [-0.2, -0.15) is 25.3 Å². The van der Waals surface area contributed by atoms with Gasteiger partial charge in [0, 0.05) is 4.58 Å². The second-order valence-electron chi connectivity index (χ2n) is 3.74. The lowest BCUT2D eigenvalue weighted by Gasteiger charge is -2.03. The van der Waals surface area contributed by atoms with E-state index < -0.39 is 0 Å². The normalized spacial score (nSPS) is 11.1. The van der Waals surface area contributed by atoms with Gasteiger partial charge in [-0.15, -0.1) is 0 Å². The van der Waals surface area contributed by atoms with Crippen molar-refractivity contribution in [1.29, 1.82) is 0 Å². The van der Waals surface area contributed by atoms with Gasteiger partial charge in [0.15, 0.2) is 0 Å². The van der Waals surface area contributed by atoms with Crippen molar-refractivity contribution in [3.8, 4) is 0 Å². The van der Waals surface area contributed by atoms with E-state index in [1.54, 1.807) is 0 Å². The molecule has 0 aliphatic rings. The molecule has 0 aromatic carbocycles. The summed E-state index contributed by atoms with van der Waals surface area (Å²) in [5.41, 5.74) is 0. The van der Waals surface area contributed by atoms with Crippen molar-refractivity contribution in [2.45, 2.75) is 69.3 Å². The first-order valence-electron chi connectivity index (χ1n) is 5.63. The lowest BCUT2D eigenvalue weighted by atomic mass is 10.1. The molecule has 0 rings (SSSR count). The van der Waals surface area contributed by atoms with Gasteiger partial charge in [-0.1, -0.05) is 58.3 Å². The minimum atomic E-state index is 0.292. The maximum Gasteiger partial charge on any atom is 0.0442 e. The summed E-state index contributed by atoms with van der Waals surface area (Å²) in [6.45, 7) is 2.26. The Morgan fingerprint density at radius 2 is 1.23 bits per heavy atom. The first kappa shape index (κ1) is 13.7.